The first kappa shape index (κ1) is 30.4. The standard InChI is InChI=1S/C33H53N3O2/c1-23-28(30(37)34-22-33(8,9)38)19-29(36(23)21-24-14-12-11-13-15-24)26-16-25(20-35(10)32(5,6)7)17-27(18-26)31(2,3)4/h16-19,24,38H,11-15,20-22H2,1-10H3,(H,34,37). The van der Waals surface area contributed by atoms with Crippen molar-refractivity contribution in [2.45, 2.75) is 124 Å². The maximum atomic E-state index is 13.3. The third-order valence-electron chi connectivity index (χ3n) is 8.18. The van der Waals surface area contributed by atoms with Crippen LogP contribution in [0.1, 0.15) is 115 Å². The lowest BCUT2D eigenvalue weighted by atomic mass is 9.84. The Balaban J connectivity index is 2.12. The predicted molar refractivity (Wildman–Crippen MR) is 160 cm³/mol. The maximum Gasteiger partial charge on any atom is 0.253 e. The lowest BCUT2D eigenvalue weighted by Crippen LogP contribution is -2.38. The molecule has 5 nitrogen and oxygen atoms in total. The summed E-state index contributed by atoms with van der Waals surface area (Å²) in [6, 6.07) is 9.08. The number of amides is 1. The average molecular weight is 524 g/mol. The summed E-state index contributed by atoms with van der Waals surface area (Å²) in [6.07, 6.45) is 6.42. The smallest absolute Gasteiger partial charge is 0.253 e. The SMILES string of the molecule is Cc1c(C(=O)NCC(C)(C)O)cc(-c2cc(CN(C)C(C)(C)C)cc(C(C)(C)C)c2)n1CC1CCCCC1. The second kappa shape index (κ2) is 11.6. The van der Waals surface area contributed by atoms with E-state index in [1.165, 1.54) is 48.8 Å². The molecule has 2 aromatic rings. The molecule has 3 rings (SSSR count). The molecule has 2 N–H and O–H groups in total. The zero-order valence-electron chi connectivity index (χ0n) is 25.8. The van der Waals surface area contributed by atoms with Gasteiger partial charge in [0.25, 0.3) is 5.91 Å². The van der Waals surface area contributed by atoms with Crippen LogP contribution in [0.4, 0.5) is 0 Å². The van der Waals surface area contributed by atoms with Crippen LogP contribution in [-0.4, -0.2) is 45.2 Å². The van der Waals surface area contributed by atoms with Gasteiger partial charge in [-0.05, 0) is 108 Å². The van der Waals surface area contributed by atoms with Crippen LogP contribution in [0.2, 0.25) is 0 Å². The van der Waals surface area contributed by atoms with Gasteiger partial charge in [-0.25, -0.2) is 0 Å². The van der Waals surface area contributed by atoms with E-state index in [2.05, 4.69) is 94.6 Å². The number of aromatic nitrogens is 1. The molecule has 5 heteroatoms. The van der Waals surface area contributed by atoms with Crippen LogP contribution in [0.15, 0.2) is 24.3 Å². The number of hydrogen-bond acceptors (Lipinski definition) is 3. The molecule has 0 saturated heterocycles. The van der Waals surface area contributed by atoms with Crippen LogP contribution >= 0.6 is 0 Å². The lowest BCUT2D eigenvalue weighted by Gasteiger charge is -2.32. The maximum absolute atomic E-state index is 13.3. The summed E-state index contributed by atoms with van der Waals surface area (Å²) >= 11 is 0. The Bertz CT molecular complexity index is 1100. The number of carbonyl (C=O) groups is 1. The Morgan fingerprint density at radius 2 is 1.63 bits per heavy atom. The van der Waals surface area contributed by atoms with Gasteiger partial charge >= 0.3 is 0 Å². The Morgan fingerprint density at radius 3 is 2.18 bits per heavy atom. The Morgan fingerprint density at radius 1 is 1.00 bits per heavy atom. The molecule has 1 aromatic carbocycles. The highest BCUT2D eigenvalue weighted by Gasteiger charge is 2.25. The zero-order chi connectivity index (χ0) is 28.5. The molecule has 0 aliphatic heterocycles. The van der Waals surface area contributed by atoms with Gasteiger partial charge in [0.2, 0.25) is 0 Å². The molecule has 1 aromatic heterocycles. The van der Waals surface area contributed by atoms with E-state index in [1.54, 1.807) is 13.8 Å². The van der Waals surface area contributed by atoms with Crippen LogP contribution in [0, 0.1) is 12.8 Å². The van der Waals surface area contributed by atoms with Crippen molar-refractivity contribution in [1.82, 2.24) is 14.8 Å². The van der Waals surface area contributed by atoms with Gasteiger partial charge in [-0.1, -0.05) is 46.1 Å². The average Bonchev–Trinajstić information content (AvgIpc) is 3.12. The topological polar surface area (TPSA) is 57.5 Å². The minimum Gasteiger partial charge on any atom is -0.389 e. The second-order valence-electron chi connectivity index (χ2n) is 14.3. The normalized spacial score (nSPS) is 15.8. The zero-order valence-corrected chi connectivity index (χ0v) is 25.8. The minimum absolute atomic E-state index is 0.00775. The molecular formula is C33H53N3O2. The molecule has 0 unspecified atom stereocenters. The van der Waals surface area contributed by atoms with Gasteiger partial charge in [-0.2, -0.15) is 0 Å². The number of nitrogens with zero attached hydrogens (tertiary/aromatic N) is 2. The summed E-state index contributed by atoms with van der Waals surface area (Å²) in [4.78, 5) is 15.7. The van der Waals surface area contributed by atoms with E-state index in [0.29, 0.717) is 11.5 Å². The number of carbonyl (C=O) groups excluding carboxylic acids is 1. The summed E-state index contributed by atoms with van der Waals surface area (Å²) in [6.45, 7) is 21.1. The van der Waals surface area contributed by atoms with Gasteiger partial charge in [-0.3, -0.25) is 9.69 Å². The van der Waals surface area contributed by atoms with Gasteiger partial charge in [0.1, 0.15) is 0 Å². The first-order valence-corrected chi connectivity index (χ1v) is 14.5. The van der Waals surface area contributed by atoms with E-state index in [0.717, 1.165) is 24.5 Å². The summed E-state index contributed by atoms with van der Waals surface area (Å²) in [5.41, 5.74) is 5.73. The molecule has 0 bridgehead atoms. The van der Waals surface area contributed by atoms with Crippen molar-refractivity contribution in [1.29, 1.82) is 0 Å². The highest BCUT2D eigenvalue weighted by atomic mass is 16.3. The molecule has 212 valence electrons. The van der Waals surface area contributed by atoms with E-state index in [4.69, 9.17) is 0 Å². The van der Waals surface area contributed by atoms with Crippen LogP contribution in [-0.2, 0) is 18.5 Å². The third kappa shape index (κ3) is 7.95. The molecular weight excluding hydrogens is 470 g/mol. The molecule has 38 heavy (non-hydrogen) atoms. The largest absolute Gasteiger partial charge is 0.389 e. The van der Waals surface area contributed by atoms with E-state index in [1.807, 2.05) is 0 Å². The number of rotatable bonds is 8. The van der Waals surface area contributed by atoms with Crippen molar-refractivity contribution in [2.24, 2.45) is 5.92 Å². The Labute approximate surface area is 232 Å². The van der Waals surface area contributed by atoms with E-state index in [-0.39, 0.29) is 23.4 Å². The van der Waals surface area contributed by atoms with E-state index >= 15 is 0 Å². The molecule has 1 fully saturated rings. The number of hydrogen-bond donors (Lipinski definition) is 2. The molecule has 0 atom stereocenters. The first-order valence-electron chi connectivity index (χ1n) is 14.5. The number of nitrogens with one attached hydrogen (secondary N) is 1. The molecule has 1 aliphatic rings. The molecule has 1 aliphatic carbocycles. The molecule has 1 heterocycles. The van der Waals surface area contributed by atoms with Crippen molar-refractivity contribution in [2.75, 3.05) is 13.6 Å². The minimum atomic E-state index is -0.952. The van der Waals surface area contributed by atoms with Gasteiger partial charge < -0.3 is 15.0 Å². The summed E-state index contributed by atoms with van der Waals surface area (Å²) in [5.74, 6) is 0.520. The predicted octanol–water partition coefficient (Wildman–Crippen LogP) is 7.07. The summed E-state index contributed by atoms with van der Waals surface area (Å²) in [7, 11) is 2.18. The number of aliphatic hydroxyl groups is 1. The van der Waals surface area contributed by atoms with E-state index < -0.39 is 5.60 Å². The Kier molecular flexibility index (Phi) is 9.25. The van der Waals surface area contributed by atoms with Crippen LogP contribution < -0.4 is 5.32 Å². The van der Waals surface area contributed by atoms with Crippen molar-refractivity contribution in [3.63, 3.8) is 0 Å². The second-order valence-corrected chi connectivity index (χ2v) is 14.3. The Hall–Kier alpha value is -2.11. The fourth-order valence-electron chi connectivity index (χ4n) is 5.24. The van der Waals surface area contributed by atoms with Crippen molar-refractivity contribution >= 4 is 5.91 Å². The fraction of sp³-hybridized carbons (Fsp3) is 0.667. The van der Waals surface area contributed by atoms with Crippen molar-refractivity contribution < 1.29 is 9.90 Å². The van der Waals surface area contributed by atoms with Crippen molar-refractivity contribution in [3.05, 3.63) is 46.6 Å². The van der Waals surface area contributed by atoms with Crippen LogP contribution in [0.3, 0.4) is 0 Å². The number of benzene rings is 1. The van der Waals surface area contributed by atoms with E-state index in [9.17, 15) is 9.90 Å². The summed E-state index contributed by atoms with van der Waals surface area (Å²) < 4.78 is 2.40. The quantitative estimate of drug-likeness (QED) is 0.389. The van der Waals surface area contributed by atoms with Gasteiger partial charge in [0, 0.05) is 36.6 Å². The fourth-order valence-corrected chi connectivity index (χ4v) is 5.24. The monoisotopic (exact) mass is 523 g/mol. The van der Waals surface area contributed by atoms with Gasteiger partial charge in [0.05, 0.1) is 11.2 Å². The van der Waals surface area contributed by atoms with Gasteiger partial charge in [-0.15, -0.1) is 0 Å². The first-order chi connectivity index (χ1) is 17.5. The third-order valence-corrected chi connectivity index (χ3v) is 8.18. The molecule has 1 saturated carbocycles. The molecule has 1 amide bonds. The molecule has 0 radical (unpaired) electrons. The van der Waals surface area contributed by atoms with Gasteiger partial charge in [0.15, 0.2) is 0 Å². The van der Waals surface area contributed by atoms with Crippen LogP contribution in [0.25, 0.3) is 11.3 Å². The molecule has 0 spiro atoms. The summed E-state index contributed by atoms with van der Waals surface area (Å²) in [5, 5.41) is 13.1. The highest BCUT2D eigenvalue weighted by molar-refractivity contribution is 5.97. The lowest BCUT2D eigenvalue weighted by molar-refractivity contribution is 0.0694. The van der Waals surface area contributed by atoms with Crippen molar-refractivity contribution in [3.8, 4) is 11.3 Å². The van der Waals surface area contributed by atoms with Crippen LogP contribution in [0.5, 0.6) is 0 Å². The highest BCUT2D eigenvalue weighted by Crippen LogP contribution is 2.35.